The average Bonchev–Trinajstić information content (AvgIpc) is 3.08. The second kappa shape index (κ2) is 8.00. The number of carbonyl (C=O) groups excluding carboxylic acids is 1. The molecule has 1 saturated carbocycles. The number of carbonyl (C=O) groups is 1. The number of rotatable bonds is 6. The number of benzene rings is 2. The Morgan fingerprint density at radius 2 is 1.83 bits per heavy atom. The Bertz CT molecular complexity index is 672. The van der Waals surface area contributed by atoms with Crippen molar-refractivity contribution >= 4 is 11.6 Å². The van der Waals surface area contributed by atoms with Gasteiger partial charge in [0.15, 0.2) is 0 Å². The number of anilines is 1. The van der Waals surface area contributed by atoms with Crippen LogP contribution in [0.25, 0.3) is 0 Å². The normalized spacial score (nSPS) is 14.5. The maximum absolute atomic E-state index is 12.0. The van der Waals surface area contributed by atoms with Gasteiger partial charge >= 0.3 is 0 Å². The Hall–Kier alpha value is -2.29. The maximum atomic E-state index is 12.0. The van der Waals surface area contributed by atoms with Gasteiger partial charge in [0, 0.05) is 12.1 Å². The number of amides is 1. The molecule has 0 bridgehead atoms. The van der Waals surface area contributed by atoms with Gasteiger partial charge in [-0.25, -0.2) is 0 Å². The predicted molar refractivity (Wildman–Crippen MR) is 97.5 cm³/mol. The second-order valence-electron chi connectivity index (χ2n) is 6.68. The lowest BCUT2D eigenvalue weighted by atomic mass is 10.0. The molecular formula is C21H25NO2. The molecule has 0 spiro atoms. The minimum atomic E-state index is 0.106. The number of hydrogen-bond donors (Lipinski definition) is 1. The van der Waals surface area contributed by atoms with Crippen LogP contribution in [0, 0.1) is 12.8 Å². The van der Waals surface area contributed by atoms with Gasteiger partial charge in [0.2, 0.25) is 5.91 Å². The van der Waals surface area contributed by atoms with E-state index in [1.807, 2.05) is 55.5 Å². The van der Waals surface area contributed by atoms with E-state index in [2.05, 4.69) is 5.32 Å². The average molecular weight is 323 g/mol. The van der Waals surface area contributed by atoms with E-state index in [0.29, 0.717) is 6.42 Å². The van der Waals surface area contributed by atoms with Gasteiger partial charge in [-0.2, -0.15) is 0 Å². The summed E-state index contributed by atoms with van der Waals surface area (Å²) < 4.78 is 5.82. The van der Waals surface area contributed by atoms with E-state index in [4.69, 9.17) is 4.74 Å². The van der Waals surface area contributed by atoms with Crippen molar-refractivity contribution in [3.05, 3.63) is 54.1 Å². The van der Waals surface area contributed by atoms with Crippen LogP contribution >= 0.6 is 0 Å². The molecular weight excluding hydrogens is 298 g/mol. The molecule has 1 fully saturated rings. The lowest BCUT2D eigenvalue weighted by molar-refractivity contribution is -0.116. The first kappa shape index (κ1) is 16.6. The summed E-state index contributed by atoms with van der Waals surface area (Å²) in [5.74, 6) is 2.45. The molecule has 0 radical (unpaired) electrons. The van der Waals surface area contributed by atoms with E-state index in [0.717, 1.165) is 29.5 Å². The number of ether oxygens (including phenoxy) is 1. The molecule has 1 aliphatic rings. The summed E-state index contributed by atoms with van der Waals surface area (Å²) in [7, 11) is 0. The molecule has 0 atom stereocenters. The molecule has 1 amide bonds. The van der Waals surface area contributed by atoms with E-state index in [1.165, 1.54) is 31.2 Å². The topological polar surface area (TPSA) is 38.3 Å². The molecule has 24 heavy (non-hydrogen) atoms. The molecule has 1 N–H and O–H groups in total. The molecule has 0 unspecified atom stereocenters. The van der Waals surface area contributed by atoms with Crippen molar-refractivity contribution in [2.24, 2.45) is 5.92 Å². The highest BCUT2D eigenvalue weighted by molar-refractivity contribution is 5.90. The van der Waals surface area contributed by atoms with Crippen LogP contribution in [0.4, 0.5) is 5.69 Å². The molecule has 3 heteroatoms. The van der Waals surface area contributed by atoms with Gasteiger partial charge in [0.05, 0.1) is 0 Å². The van der Waals surface area contributed by atoms with E-state index < -0.39 is 0 Å². The van der Waals surface area contributed by atoms with Gasteiger partial charge in [0.25, 0.3) is 0 Å². The van der Waals surface area contributed by atoms with Crippen molar-refractivity contribution < 1.29 is 9.53 Å². The lowest BCUT2D eigenvalue weighted by Crippen LogP contribution is -2.12. The van der Waals surface area contributed by atoms with Gasteiger partial charge in [-0.3, -0.25) is 4.79 Å². The van der Waals surface area contributed by atoms with Crippen molar-refractivity contribution in [2.75, 3.05) is 5.32 Å². The Labute approximate surface area is 144 Å². The fraction of sp³-hybridized carbons (Fsp3) is 0.381. The van der Waals surface area contributed by atoms with Crippen LogP contribution in [0.3, 0.4) is 0 Å². The van der Waals surface area contributed by atoms with Crippen molar-refractivity contribution in [1.82, 2.24) is 0 Å². The number of hydrogen-bond acceptors (Lipinski definition) is 2. The summed E-state index contributed by atoms with van der Waals surface area (Å²) >= 11 is 0. The quantitative estimate of drug-likeness (QED) is 0.741. The Morgan fingerprint density at radius 1 is 1.08 bits per heavy atom. The highest BCUT2D eigenvalue weighted by atomic mass is 16.5. The zero-order chi connectivity index (χ0) is 16.8. The van der Waals surface area contributed by atoms with Crippen molar-refractivity contribution in [2.45, 2.75) is 45.4 Å². The van der Waals surface area contributed by atoms with Crippen LogP contribution < -0.4 is 10.1 Å². The van der Waals surface area contributed by atoms with E-state index in [9.17, 15) is 4.79 Å². The van der Waals surface area contributed by atoms with Gasteiger partial charge in [-0.15, -0.1) is 0 Å². The maximum Gasteiger partial charge on any atom is 0.224 e. The van der Waals surface area contributed by atoms with Crippen LogP contribution in [-0.2, 0) is 4.79 Å². The Morgan fingerprint density at radius 3 is 2.54 bits per heavy atom. The van der Waals surface area contributed by atoms with Crippen molar-refractivity contribution in [3.63, 3.8) is 0 Å². The van der Waals surface area contributed by atoms with Gasteiger partial charge in [-0.05, 0) is 61.2 Å². The van der Waals surface area contributed by atoms with Crippen LogP contribution in [0.1, 0.15) is 44.1 Å². The summed E-state index contributed by atoms with van der Waals surface area (Å²) in [6, 6.07) is 15.5. The molecule has 0 aromatic heterocycles. The van der Waals surface area contributed by atoms with E-state index in [-0.39, 0.29) is 5.91 Å². The van der Waals surface area contributed by atoms with Crippen molar-refractivity contribution in [3.8, 4) is 11.5 Å². The minimum Gasteiger partial charge on any atom is -0.457 e. The van der Waals surface area contributed by atoms with E-state index in [1.54, 1.807) is 0 Å². The Kier molecular flexibility index (Phi) is 5.52. The first-order valence-electron chi connectivity index (χ1n) is 8.83. The van der Waals surface area contributed by atoms with Gasteiger partial charge in [-0.1, -0.05) is 37.8 Å². The SMILES string of the molecule is Cc1cccc(Oc2ccc(NC(=O)CCC3CCCC3)cc2)c1. The standard InChI is InChI=1S/C21H25NO2/c1-16-5-4-8-20(15-16)24-19-12-10-18(11-13-19)22-21(23)14-9-17-6-2-3-7-17/h4-5,8,10-13,15,17H,2-3,6-7,9,14H2,1H3,(H,22,23). The van der Waals surface area contributed by atoms with Crippen LogP contribution in [0.5, 0.6) is 11.5 Å². The summed E-state index contributed by atoms with van der Waals surface area (Å²) in [6.45, 7) is 2.04. The van der Waals surface area contributed by atoms with Crippen LogP contribution in [0.15, 0.2) is 48.5 Å². The molecule has 0 heterocycles. The second-order valence-corrected chi connectivity index (χ2v) is 6.68. The zero-order valence-electron chi connectivity index (χ0n) is 14.3. The molecule has 3 rings (SSSR count). The summed E-state index contributed by atoms with van der Waals surface area (Å²) in [6.07, 6.45) is 6.87. The summed E-state index contributed by atoms with van der Waals surface area (Å²) in [5, 5.41) is 2.97. The van der Waals surface area contributed by atoms with Gasteiger partial charge in [0.1, 0.15) is 11.5 Å². The highest BCUT2D eigenvalue weighted by Crippen LogP contribution is 2.29. The third-order valence-corrected chi connectivity index (χ3v) is 4.62. The first-order chi connectivity index (χ1) is 11.7. The monoisotopic (exact) mass is 323 g/mol. The van der Waals surface area contributed by atoms with Crippen LogP contribution in [0.2, 0.25) is 0 Å². The van der Waals surface area contributed by atoms with Gasteiger partial charge < -0.3 is 10.1 Å². The zero-order valence-corrected chi connectivity index (χ0v) is 14.3. The predicted octanol–water partition coefficient (Wildman–Crippen LogP) is 5.70. The minimum absolute atomic E-state index is 0.106. The molecule has 2 aromatic carbocycles. The molecule has 2 aromatic rings. The number of aryl methyl sites for hydroxylation is 1. The molecule has 126 valence electrons. The lowest BCUT2D eigenvalue weighted by Gasteiger charge is -2.10. The van der Waals surface area contributed by atoms with E-state index >= 15 is 0 Å². The largest absolute Gasteiger partial charge is 0.457 e. The summed E-state index contributed by atoms with van der Waals surface area (Å²) in [5.41, 5.74) is 1.99. The van der Waals surface area contributed by atoms with Crippen LogP contribution in [-0.4, -0.2) is 5.91 Å². The first-order valence-corrected chi connectivity index (χ1v) is 8.83. The third kappa shape index (κ3) is 4.85. The Balaban J connectivity index is 1.49. The highest BCUT2D eigenvalue weighted by Gasteiger charge is 2.16. The smallest absolute Gasteiger partial charge is 0.224 e. The fourth-order valence-electron chi connectivity index (χ4n) is 3.28. The molecule has 1 aliphatic carbocycles. The number of nitrogens with one attached hydrogen (secondary N) is 1. The molecule has 0 saturated heterocycles. The third-order valence-electron chi connectivity index (χ3n) is 4.62. The fourth-order valence-corrected chi connectivity index (χ4v) is 3.28. The molecule has 0 aliphatic heterocycles. The van der Waals surface area contributed by atoms with Crippen molar-refractivity contribution in [1.29, 1.82) is 0 Å². The molecule has 3 nitrogen and oxygen atoms in total. The summed E-state index contributed by atoms with van der Waals surface area (Å²) in [4.78, 5) is 12.0.